The number of anilines is 1. The normalized spacial score (nSPS) is 11.7. The van der Waals surface area contributed by atoms with E-state index in [1.165, 1.54) is 10.5 Å². The number of para-hydroxylation sites is 3. The summed E-state index contributed by atoms with van der Waals surface area (Å²) in [5, 5.41) is 2.84. The van der Waals surface area contributed by atoms with Gasteiger partial charge in [-0.1, -0.05) is 36.4 Å². The number of fused-ring (bicyclic) bond motifs is 1. The Kier molecular flexibility index (Phi) is 6.17. The first-order chi connectivity index (χ1) is 15.5. The molecule has 2 aromatic carbocycles. The fourth-order valence-corrected chi connectivity index (χ4v) is 3.22. The summed E-state index contributed by atoms with van der Waals surface area (Å²) in [7, 11) is 0. The SMILES string of the molecule is Cc1cccn2c(=O)cc(COc3ccccc3NC(=O)[C@@H](C)Oc3ccccc3)nc12. The largest absolute Gasteiger partial charge is 0.485 e. The standard InChI is InChI=1S/C25H23N3O4/c1-17-9-8-14-28-23(29)15-19(26-24(17)28)16-31-22-13-7-6-12-21(22)27-25(30)18(2)32-20-10-4-3-5-11-20/h3-15,18H,16H2,1-2H3,(H,27,30)/t18-/m1/s1. The number of aromatic nitrogens is 2. The van der Waals surface area contributed by atoms with E-state index < -0.39 is 6.10 Å². The van der Waals surface area contributed by atoms with Crippen LogP contribution in [0.2, 0.25) is 0 Å². The van der Waals surface area contributed by atoms with Crippen molar-refractivity contribution in [3.8, 4) is 11.5 Å². The Labute approximate surface area is 185 Å². The average Bonchev–Trinajstić information content (AvgIpc) is 2.80. The summed E-state index contributed by atoms with van der Waals surface area (Å²) in [5.74, 6) is 0.783. The Bertz CT molecular complexity index is 1300. The van der Waals surface area contributed by atoms with Gasteiger partial charge in [0, 0.05) is 12.3 Å². The Hall–Kier alpha value is -4.13. The zero-order chi connectivity index (χ0) is 22.5. The van der Waals surface area contributed by atoms with E-state index in [4.69, 9.17) is 9.47 Å². The van der Waals surface area contributed by atoms with Gasteiger partial charge in [-0.3, -0.25) is 14.0 Å². The number of nitrogens with one attached hydrogen (secondary N) is 1. The molecule has 0 aliphatic carbocycles. The highest BCUT2D eigenvalue weighted by Crippen LogP contribution is 2.25. The van der Waals surface area contributed by atoms with E-state index in [9.17, 15) is 9.59 Å². The second kappa shape index (κ2) is 9.34. The van der Waals surface area contributed by atoms with Gasteiger partial charge >= 0.3 is 0 Å². The molecule has 162 valence electrons. The molecule has 0 saturated carbocycles. The van der Waals surface area contributed by atoms with Gasteiger partial charge in [0.2, 0.25) is 0 Å². The molecule has 4 aromatic rings. The lowest BCUT2D eigenvalue weighted by Gasteiger charge is -2.17. The van der Waals surface area contributed by atoms with E-state index in [2.05, 4.69) is 10.3 Å². The van der Waals surface area contributed by atoms with Crippen LogP contribution in [0.25, 0.3) is 5.65 Å². The molecule has 0 saturated heterocycles. The molecule has 1 amide bonds. The van der Waals surface area contributed by atoms with Gasteiger partial charge in [-0.25, -0.2) is 4.98 Å². The van der Waals surface area contributed by atoms with Gasteiger partial charge in [0.05, 0.1) is 11.4 Å². The molecular weight excluding hydrogens is 406 g/mol. The topological polar surface area (TPSA) is 81.9 Å². The summed E-state index contributed by atoms with van der Waals surface area (Å²) in [6.07, 6.45) is 0.988. The van der Waals surface area contributed by atoms with Crippen LogP contribution in [-0.4, -0.2) is 21.4 Å². The van der Waals surface area contributed by atoms with Crippen molar-refractivity contribution in [2.75, 3.05) is 5.32 Å². The van der Waals surface area contributed by atoms with Crippen LogP contribution in [0.1, 0.15) is 18.2 Å². The minimum Gasteiger partial charge on any atom is -0.485 e. The Morgan fingerprint density at radius 2 is 1.81 bits per heavy atom. The van der Waals surface area contributed by atoms with Gasteiger partial charge < -0.3 is 14.8 Å². The number of pyridine rings is 1. The van der Waals surface area contributed by atoms with Gasteiger partial charge in [-0.05, 0) is 49.7 Å². The molecule has 2 heterocycles. The molecule has 7 nitrogen and oxygen atoms in total. The molecule has 0 radical (unpaired) electrons. The van der Waals surface area contributed by atoms with Crippen LogP contribution in [0.4, 0.5) is 5.69 Å². The maximum Gasteiger partial charge on any atom is 0.265 e. The molecule has 0 bridgehead atoms. The van der Waals surface area contributed by atoms with Gasteiger partial charge in [-0.2, -0.15) is 0 Å². The van der Waals surface area contributed by atoms with Crippen LogP contribution in [0, 0.1) is 6.92 Å². The third-order valence-electron chi connectivity index (χ3n) is 4.89. The van der Waals surface area contributed by atoms with Gasteiger partial charge in [0.15, 0.2) is 6.10 Å². The van der Waals surface area contributed by atoms with Crippen molar-refractivity contribution in [1.29, 1.82) is 0 Å². The number of rotatable bonds is 7. The molecule has 1 N–H and O–H groups in total. The number of amides is 1. The fraction of sp³-hybridized carbons (Fsp3) is 0.160. The second-order valence-electron chi connectivity index (χ2n) is 7.32. The van der Waals surface area contributed by atoms with Crippen molar-refractivity contribution in [3.63, 3.8) is 0 Å². The smallest absolute Gasteiger partial charge is 0.265 e. The maximum atomic E-state index is 12.6. The lowest BCUT2D eigenvalue weighted by atomic mass is 10.2. The Balaban J connectivity index is 1.47. The zero-order valence-corrected chi connectivity index (χ0v) is 17.8. The van der Waals surface area contributed by atoms with E-state index in [1.54, 1.807) is 43.5 Å². The number of hydrogen-bond donors (Lipinski definition) is 1. The summed E-state index contributed by atoms with van der Waals surface area (Å²) in [6.45, 7) is 3.67. The molecule has 0 spiro atoms. The molecule has 0 unspecified atom stereocenters. The number of carbonyl (C=O) groups excluding carboxylic acids is 1. The Morgan fingerprint density at radius 3 is 2.62 bits per heavy atom. The lowest BCUT2D eigenvalue weighted by Crippen LogP contribution is -2.30. The molecule has 1 atom stereocenters. The van der Waals surface area contributed by atoms with Gasteiger partial charge in [-0.15, -0.1) is 0 Å². The first-order valence-electron chi connectivity index (χ1n) is 10.2. The van der Waals surface area contributed by atoms with E-state index in [0.717, 1.165) is 5.56 Å². The van der Waals surface area contributed by atoms with Crippen LogP contribution in [0.5, 0.6) is 11.5 Å². The highest BCUT2D eigenvalue weighted by atomic mass is 16.5. The van der Waals surface area contributed by atoms with Crippen molar-refractivity contribution in [2.24, 2.45) is 0 Å². The quantitative estimate of drug-likeness (QED) is 0.480. The zero-order valence-electron chi connectivity index (χ0n) is 17.8. The van der Waals surface area contributed by atoms with Crippen LogP contribution in [0.15, 0.2) is 83.8 Å². The van der Waals surface area contributed by atoms with Crippen molar-refractivity contribution in [3.05, 3.63) is 101 Å². The number of ether oxygens (including phenoxy) is 2. The average molecular weight is 429 g/mol. The molecular formula is C25H23N3O4. The van der Waals surface area contributed by atoms with E-state index >= 15 is 0 Å². The third-order valence-corrected chi connectivity index (χ3v) is 4.89. The summed E-state index contributed by atoms with van der Waals surface area (Å²) in [4.78, 5) is 29.6. The number of aryl methyl sites for hydroxylation is 1. The van der Waals surface area contributed by atoms with Crippen LogP contribution < -0.4 is 20.3 Å². The summed E-state index contributed by atoms with van der Waals surface area (Å²) < 4.78 is 13.1. The number of hydrogen-bond acceptors (Lipinski definition) is 5. The molecule has 0 aliphatic rings. The predicted octanol–water partition coefficient (Wildman–Crippen LogP) is 3.99. The van der Waals surface area contributed by atoms with Crippen molar-refractivity contribution < 1.29 is 14.3 Å². The minimum absolute atomic E-state index is 0.0863. The summed E-state index contributed by atoms with van der Waals surface area (Å²) >= 11 is 0. The van der Waals surface area contributed by atoms with E-state index in [1.807, 2.05) is 43.3 Å². The van der Waals surface area contributed by atoms with E-state index in [-0.39, 0.29) is 18.1 Å². The molecule has 0 fully saturated rings. The maximum absolute atomic E-state index is 12.6. The van der Waals surface area contributed by atoms with Crippen molar-refractivity contribution in [1.82, 2.24) is 9.38 Å². The summed E-state index contributed by atoms with van der Waals surface area (Å²) in [6, 6.07) is 21.4. The van der Waals surface area contributed by atoms with Crippen molar-refractivity contribution >= 4 is 17.2 Å². The highest BCUT2D eigenvalue weighted by molar-refractivity contribution is 5.95. The first-order valence-corrected chi connectivity index (χ1v) is 10.2. The molecule has 7 heteroatoms. The first kappa shape index (κ1) is 21.1. The molecule has 32 heavy (non-hydrogen) atoms. The van der Waals surface area contributed by atoms with Crippen LogP contribution in [0.3, 0.4) is 0 Å². The minimum atomic E-state index is -0.698. The van der Waals surface area contributed by atoms with Crippen LogP contribution >= 0.6 is 0 Å². The third kappa shape index (κ3) is 4.78. The lowest BCUT2D eigenvalue weighted by molar-refractivity contribution is -0.122. The number of carbonyl (C=O) groups is 1. The van der Waals surface area contributed by atoms with Crippen LogP contribution in [-0.2, 0) is 11.4 Å². The monoisotopic (exact) mass is 429 g/mol. The molecule has 0 aliphatic heterocycles. The predicted molar refractivity (Wildman–Crippen MR) is 122 cm³/mol. The van der Waals surface area contributed by atoms with Gasteiger partial charge in [0.1, 0.15) is 23.8 Å². The fourth-order valence-electron chi connectivity index (χ4n) is 3.22. The molecule has 4 rings (SSSR count). The molecule has 2 aromatic heterocycles. The second-order valence-corrected chi connectivity index (χ2v) is 7.32. The number of benzene rings is 2. The number of nitrogens with zero attached hydrogens (tertiary/aromatic N) is 2. The van der Waals surface area contributed by atoms with Gasteiger partial charge in [0.25, 0.3) is 11.5 Å². The Morgan fingerprint density at radius 1 is 1.06 bits per heavy atom. The van der Waals surface area contributed by atoms with E-state index in [0.29, 0.717) is 28.5 Å². The highest BCUT2D eigenvalue weighted by Gasteiger charge is 2.17. The summed E-state index contributed by atoms with van der Waals surface area (Å²) in [5.41, 5.74) is 2.32. The van der Waals surface area contributed by atoms with Crippen molar-refractivity contribution in [2.45, 2.75) is 26.6 Å².